The molecule has 0 aromatic heterocycles. The average Bonchev–Trinajstić information content (AvgIpc) is 2.26. The number of nitrogens with zero attached hydrogens (tertiary/aromatic N) is 1. The minimum atomic E-state index is 0.394. The maximum absolute atomic E-state index is 5.76. The lowest BCUT2D eigenvalue weighted by atomic mass is 9.75. The van der Waals surface area contributed by atoms with Gasteiger partial charge in [0.15, 0.2) is 0 Å². The minimum Gasteiger partial charge on any atom is -0.380 e. The van der Waals surface area contributed by atoms with Gasteiger partial charge in [0.25, 0.3) is 0 Å². The highest BCUT2D eigenvalue weighted by atomic mass is 16.5. The molecule has 1 rings (SSSR count). The highest BCUT2D eigenvalue weighted by molar-refractivity contribution is 4.80. The summed E-state index contributed by atoms with van der Waals surface area (Å²) in [5.74, 6) is 0.894. The van der Waals surface area contributed by atoms with E-state index in [0.717, 1.165) is 32.1 Å². The Balaban J connectivity index is 2.07. The standard InChI is InChI=1S/C17H35NO/c1-16(2,3)9-13-19-14-12-18-10-7-15(8-11-18)17(4,5)6/h15H,7-14H2,1-6H3. The molecule has 1 aliphatic heterocycles. The molecule has 0 saturated carbocycles. The number of hydrogen-bond donors (Lipinski definition) is 0. The number of likely N-dealkylation sites (tertiary alicyclic amines) is 1. The zero-order valence-electron chi connectivity index (χ0n) is 14.1. The molecule has 0 amide bonds. The molecule has 1 fully saturated rings. The van der Waals surface area contributed by atoms with Crippen molar-refractivity contribution in [1.82, 2.24) is 4.90 Å². The van der Waals surface area contributed by atoms with Crippen molar-refractivity contribution in [1.29, 1.82) is 0 Å². The van der Waals surface area contributed by atoms with Crippen LogP contribution in [0.5, 0.6) is 0 Å². The van der Waals surface area contributed by atoms with Gasteiger partial charge in [0.1, 0.15) is 0 Å². The van der Waals surface area contributed by atoms with E-state index < -0.39 is 0 Å². The van der Waals surface area contributed by atoms with Crippen LogP contribution in [0.15, 0.2) is 0 Å². The molecule has 0 aromatic carbocycles. The second-order valence-corrected chi connectivity index (χ2v) is 8.40. The summed E-state index contributed by atoms with van der Waals surface area (Å²) in [7, 11) is 0. The Morgan fingerprint density at radius 3 is 2.00 bits per heavy atom. The normalized spacial score (nSPS) is 19.9. The molecule has 1 aliphatic rings. The molecule has 0 bridgehead atoms. The molecule has 2 nitrogen and oxygen atoms in total. The Morgan fingerprint density at radius 2 is 1.53 bits per heavy atom. The van der Waals surface area contributed by atoms with Gasteiger partial charge < -0.3 is 9.64 Å². The fourth-order valence-electron chi connectivity index (χ4n) is 2.70. The van der Waals surface area contributed by atoms with Crippen molar-refractivity contribution in [2.24, 2.45) is 16.7 Å². The third-order valence-corrected chi connectivity index (χ3v) is 4.36. The van der Waals surface area contributed by atoms with Gasteiger partial charge >= 0.3 is 0 Å². The van der Waals surface area contributed by atoms with Crippen molar-refractivity contribution in [2.75, 3.05) is 32.8 Å². The van der Waals surface area contributed by atoms with Gasteiger partial charge in [-0.2, -0.15) is 0 Å². The molecule has 2 heteroatoms. The van der Waals surface area contributed by atoms with Gasteiger partial charge in [0.2, 0.25) is 0 Å². The van der Waals surface area contributed by atoms with Gasteiger partial charge in [0.05, 0.1) is 6.61 Å². The van der Waals surface area contributed by atoms with Crippen LogP contribution >= 0.6 is 0 Å². The second-order valence-electron chi connectivity index (χ2n) is 8.40. The van der Waals surface area contributed by atoms with Crippen molar-refractivity contribution in [3.63, 3.8) is 0 Å². The lowest BCUT2D eigenvalue weighted by molar-refractivity contribution is 0.0604. The van der Waals surface area contributed by atoms with Crippen LogP contribution in [0.4, 0.5) is 0 Å². The topological polar surface area (TPSA) is 12.5 Å². The highest BCUT2D eigenvalue weighted by Crippen LogP contribution is 2.34. The van der Waals surface area contributed by atoms with Gasteiger partial charge in [-0.15, -0.1) is 0 Å². The SMILES string of the molecule is CC(C)(C)CCOCCN1CCC(C(C)(C)C)CC1. The van der Waals surface area contributed by atoms with E-state index in [2.05, 4.69) is 46.4 Å². The molecule has 0 radical (unpaired) electrons. The molecular formula is C17H35NO. The quantitative estimate of drug-likeness (QED) is 0.694. The Hall–Kier alpha value is -0.0800. The lowest BCUT2D eigenvalue weighted by Crippen LogP contribution is -2.39. The second kappa shape index (κ2) is 7.08. The fourth-order valence-corrected chi connectivity index (χ4v) is 2.70. The lowest BCUT2D eigenvalue weighted by Gasteiger charge is -2.38. The molecule has 0 N–H and O–H groups in total. The fraction of sp³-hybridized carbons (Fsp3) is 1.00. The van der Waals surface area contributed by atoms with Gasteiger partial charge in [-0.25, -0.2) is 0 Å². The molecule has 114 valence electrons. The van der Waals surface area contributed by atoms with Crippen LogP contribution in [0, 0.1) is 16.7 Å². The summed E-state index contributed by atoms with van der Waals surface area (Å²) in [6.45, 7) is 19.4. The average molecular weight is 269 g/mol. The summed E-state index contributed by atoms with van der Waals surface area (Å²) >= 11 is 0. The van der Waals surface area contributed by atoms with Gasteiger partial charge in [-0.1, -0.05) is 41.5 Å². The van der Waals surface area contributed by atoms with Crippen molar-refractivity contribution >= 4 is 0 Å². The molecule has 1 saturated heterocycles. The molecule has 19 heavy (non-hydrogen) atoms. The molecule has 0 spiro atoms. The van der Waals surface area contributed by atoms with E-state index in [9.17, 15) is 0 Å². The Bertz CT molecular complexity index is 241. The Labute approximate surface area is 120 Å². The van der Waals surface area contributed by atoms with Crippen LogP contribution in [0.3, 0.4) is 0 Å². The summed E-state index contributed by atoms with van der Waals surface area (Å²) in [6.07, 6.45) is 3.86. The summed E-state index contributed by atoms with van der Waals surface area (Å²) in [6, 6.07) is 0. The molecule has 0 aromatic rings. The van der Waals surface area contributed by atoms with Crippen molar-refractivity contribution in [3.8, 4) is 0 Å². The van der Waals surface area contributed by atoms with Crippen molar-refractivity contribution < 1.29 is 4.74 Å². The van der Waals surface area contributed by atoms with E-state index in [1.54, 1.807) is 0 Å². The highest BCUT2D eigenvalue weighted by Gasteiger charge is 2.28. The van der Waals surface area contributed by atoms with E-state index in [1.165, 1.54) is 25.9 Å². The maximum Gasteiger partial charge on any atom is 0.0593 e. The summed E-state index contributed by atoms with van der Waals surface area (Å²) in [4.78, 5) is 2.57. The zero-order valence-corrected chi connectivity index (χ0v) is 14.1. The molecule has 0 unspecified atom stereocenters. The minimum absolute atomic E-state index is 0.394. The van der Waals surface area contributed by atoms with Crippen LogP contribution in [0.1, 0.15) is 60.8 Å². The zero-order chi connectivity index (χ0) is 14.5. The van der Waals surface area contributed by atoms with E-state index in [-0.39, 0.29) is 0 Å². The number of piperidine rings is 1. The van der Waals surface area contributed by atoms with Gasteiger partial charge in [-0.3, -0.25) is 0 Å². The van der Waals surface area contributed by atoms with Crippen LogP contribution in [0.2, 0.25) is 0 Å². The first kappa shape index (κ1) is 17.0. The van der Waals surface area contributed by atoms with Gasteiger partial charge in [0, 0.05) is 13.2 Å². The predicted molar refractivity (Wildman–Crippen MR) is 83.5 cm³/mol. The first-order valence-corrected chi connectivity index (χ1v) is 7.98. The van der Waals surface area contributed by atoms with Crippen LogP contribution in [0.25, 0.3) is 0 Å². The molecular weight excluding hydrogens is 234 g/mol. The van der Waals surface area contributed by atoms with Crippen molar-refractivity contribution in [2.45, 2.75) is 60.8 Å². The summed E-state index contributed by atoms with van der Waals surface area (Å²) in [5, 5.41) is 0. The molecule has 0 atom stereocenters. The summed E-state index contributed by atoms with van der Waals surface area (Å²) < 4.78 is 5.76. The van der Waals surface area contributed by atoms with E-state index in [1.807, 2.05) is 0 Å². The number of hydrogen-bond acceptors (Lipinski definition) is 2. The number of ether oxygens (including phenoxy) is 1. The maximum atomic E-state index is 5.76. The van der Waals surface area contributed by atoms with E-state index in [4.69, 9.17) is 4.74 Å². The first-order valence-electron chi connectivity index (χ1n) is 7.98. The third-order valence-electron chi connectivity index (χ3n) is 4.36. The molecule has 1 heterocycles. The van der Waals surface area contributed by atoms with Crippen LogP contribution in [-0.4, -0.2) is 37.7 Å². The van der Waals surface area contributed by atoms with Crippen molar-refractivity contribution in [3.05, 3.63) is 0 Å². The Kier molecular flexibility index (Phi) is 6.32. The van der Waals surface area contributed by atoms with E-state index in [0.29, 0.717) is 10.8 Å². The third kappa shape index (κ3) is 7.31. The largest absolute Gasteiger partial charge is 0.380 e. The number of rotatable bonds is 5. The van der Waals surface area contributed by atoms with Crippen LogP contribution in [-0.2, 0) is 4.74 Å². The molecule has 0 aliphatic carbocycles. The van der Waals surface area contributed by atoms with Crippen LogP contribution < -0.4 is 0 Å². The van der Waals surface area contributed by atoms with Gasteiger partial charge in [-0.05, 0) is 49.1 Å². The smallest absolute Gasteiger partial charge is 0.0593 e. The first-order chi connectivity index (χ1) is 8.68. The van der Waals surface area contributed by atoms with E-state index >= 15 is 0 Å². The monoisotopic (exact) mass is 269 g/mol. The predicted octanol–water partition coefficient (Wildman–Crippen LogP) is 4.20. The summed E-state index contributed by atoms with van der Waals surface area (Å²) in [5.41, 5.74) is 0.875. The Morgan fingerprint density at radius 1 is 0.947 bits per heavy atom.